The van der Waals surface area contributed by atoms with Crippen molar-refractivity contribution >= 4 is 17.7 Å². The summed E-state index contributed by atoms with van der Waals surface area (Å²) < 4.78 is 6.20. The van der Waals surface area contributed by atoms with Crippen LogP contribution < -0.4 is 10.9 Å². The highest BCUT2D eigenvalue weighted by atomic mass is 16.6. The maximum Gasteiger partial charge on any atom is 0.410 e. The first kappa shape index (κ1) is 20.6. The zero-order chi connectivity index (χ0) is 21.0. The number of rotatable bonds is 5. The summed E-state index contributed by atoms with van der Waals surface area (Å²) in [6.45, 7) is 6.61. The van der Waals surface area contributed by atoms with Gasteiger partial charge in [-0.3, -0.25) is 9.59 Å². The number of carbonyl (C=O) groups excluding carboxylic acids is 2. The summed E-state index contributed by atoms with van der Waals surface area (Å²) in [5.74, 6) is -0.299. The van der Waals surface area contributed by atoms with Crippen LogP contribution in [0.3, 0.4) is 0 Å². The fourth-order valence-electron chi connectivity index (χ4n) is 3.44. The van der Waals surface area contributed by atoms with E-state index in [1.54, 1.807) is 11.8 Å². The number of aromatic nitrogens is 2. The number of anilines is 1. The molecule has 2 amide bonds. The number of aryl methyl sites for hydroxylation is 2. The molecule has 0 fully saturated rings. The second kappa shape index (κ2) is 8.89. The monoisotopic (exact) mass is 398 g/mol. The van der Waals surface area contributed by atoms with Crippen LogP contribution in [-0.2, 0) is 35.5 Å². The SMILES string of the molecule is CCOC(=O)N1CCc2nn(CC(=O)Nc3c(C)cccc3CC)c(=O)cc2C1. The fourth-order valence-corrected chi connectivity index (χ4v) is 3.44. The third-order valence-electron chi connectivity index (χ3n) is 4.97. The molecule has 2 aromatic rings. The molecule has 1 aromatic carbocycles. The molecule has 1 aromatic heterocycles. The van der Waals surface area contributed by atoms with E-state index >= 15 is 0 Å². The standard InChI is InChI=1S/C21H26N4O4/c1-4-15-8-6-7-14(3)20(15)22-18(26)13-25-19(27)11-16-12-24(21(28)29-5-2)10-9-17(16)23-25/h6-8,11H,4-5,9-10,12-13H2,1-3H3,(H,22,26). The molecule has 0 spiro atoms. The molecule has 0 unspecified atom stereocenters. The lowest BCUT2D eigenvalue weighted by Crippen LogP contribution is -2.39. The van der Waals surface area contributed by atoms with Crippen molar-refractivity contribution < 1.29 is 14.3 Å². The Bertz CT molecular complexity index is 983. The zero-order valence-corrected chi connectivity index (χ0v) is 17.0. The number of carbonyl (C=O) groups is 2. The second-order valence-corrected chi connectivity index (χ2v) is 6.99. The van der Waals surface area contributed by atoms with Gasteiger partial charge in [0.1, 0.15) is 6.54 Å². The molecular formula is C21H26N4O4. The number of benzene rings is 1. The van der Waals surface area contributed by atoms with Crippen LogP contribution in [-0.4, -0.2) is 39.8 Å². The Labute approximate surface area is 169 Å². The van der Waals surface area contributed by atoms with E-state index in [9.17, 15) is 14.4 Å². The third kappa shape index (κ3) is 4.64. The number of fused-ring (bicyclic) bond motifs is 1. The van der Waals surface area contributed by atoms with E-state index < -0.39 is 6.09 Å². The van der Waals surface area contributed by atoms with Gasteiger partial charge in [-0.05, 0) is 31.4 Å². The molecular weight excluding hydrogens is 372 g/mol. The zero-order valence-electron chi connectivity index (χ0n) is 17.0. The van der Waals surface area contributed by atoms with Gasteiger partial charge in [0.05, 0.1) is 18.8 Å². The van der Waals surface area contributed by atoms with Gasteiger partial charge in [0.25, 0.3) is 5.56 Å². The summed E-state index contributed by atoms with van der Waals surface area (Å²) >= 11 is 0. The molecule has 0 aliphatic carbocycles. The minimum Gasteiger partial charge on any atom is -0.450 e. The van der Waals surface area contributed by atoms with Crippen molar-refractivity contribution in [3.63, 3.8) is 0 Å². The van der Waals surface area contributed by atoms with Crippen molar-refractivity contribution in [3.8, 4) is 0 Å². The van der Waals surface area contributed by atoms with Crippen LogP contribution in [0.1, 0.15) is 36.2 Å². The van der Waals surface area contributed by atoms with Gasteiger partial charge < -0.3 is 15.0 Å². The lowest BCUT2D eigenvalue weighted by molar-refractivity contribution is -0.117. The Hall–Kier alpha value is -3.16. The van der Waals surface area contributed by atoms with Gasteiger partial charge in [0.2, 0.25) is 5.91 Å². The highest BCUT2D eigenvalue weighted by molar-refractivity contribution is 5.92. The first-order valence-corrected chi connectivity index (χ1v) is 9.82. The Kier molecular flexibility index (Phi) is 6.31. The summed E-state index contributed by atoms with van der Waals surface area (Å²) in [6.07, 6.45) is 0.908. The fraction of sp³-hybridized carbons (Fsp3) is 0.429. The van der Waals surface area contributed by atoms with E-state index in [4.69, 9.17) is 4.74 Å². The van der Waals surface area contributed by atoms with Gasteiger partial charge >= 0.3 is 6.09 Å². The molecule has 1 aliphatic heterocycles. The molecule has 0 bridgehead atoms. The summed E-state index contributed by atoms with van der Waals surface area (Å²) in [4.78, 5) is 38.5. The molecule has 0 atom stereocenters. The second-order valence-electron chi connectivity index (χ2n) is 6.99. The molecule has 1 aliphatic rings. The number of amides is 2. The van der Waals surface area contributed by atoms with Crippen LogP contribution in [0.4, 0.5) is 10.5 Å². The molecule has 3 rings (SSSR count). The largest absolute Gasteiger partial charge is 0.450 e. The normalized spacial score (nSPS) is 13.0. The first-order valence-electron chi connectivity index (χ1n) is 9.82. The van der Waals surface area contributed by atoms with E-state index in [2.05, 4.69) is 10.4 Å². The van der Waals surface area contributed by atoms with Crippen LogP contribution in [0.5, 0.6) is 0 Å². The molecule has 2 heterocycles. The Morgan fingerprint density at radius 2 is 2.07 bits per heavy atom. The van der Waals surface area contributed by atoms with Gasteiger partial charge in [0, 0.05) is 30.3 Å². The average Bonchev–Trinajstić information content (AvgIpc) is 2.70. The first-order chi connectivity index (χ1) is 13.9. The predicted octanol–water partition coefficient (Wildman–Crippen LogP) is 2.27. The summed E-state index contributed by atoms with van der Waals surface area (Å²) in [5, 5.41) is 7.28. The smallest absolute Gasteiger partial charge is 0.410 e. The van der Waals surface area contributed by atoms with Crippen LogP contribution in [0.25, 0.3) is 0 Å². The lowest BCUT2D eigenvalue weighted by atomic mass is 10.1. The predicted molar refractivity (Wildman–Crippen MR) is 109 cm³/mol. The molecule has 8 heteroatoms. The van der Waals surface area contributed by atoms with E-state index in [-0.39, 0.29) is 24.6 Å². The van der Waals surface area contributed by atoms with Crippen molar-refractivity contribution in [2.45, 2.75) is 46.7 Å². The van der Waals surface area contributed by atoms with Crippen LogP contribution >= 0.6 is 0 Å². The molecule has 8 nitrogen and oxygen atoms in total. The van der Waals surface area contributed by atoms with Gasteiger partial charge in [-0.15, -0.1) is 0 Å². The van der Waals surface area contributed by atoms with Crippen molar-refractivity contribution in [2.75, 3.05) is 18.5 Å². The number of ether oxygens (including phenoxy) is 1. The van der Waals surface area contributed by atoms with E-state index in [0.29, 0.717) is 25.1 Å². The molecule has 154 valence electrons. The number of hydrogen-bond donors (Lipinski definition) is 1. The third-order valence-corrected chi connectivity index (χ3v) is 4.97. The maximum absolute atomic E-state index is 12.6. The average molecular weight is 398 g/mol. The maximum atomic E-state index is 12.6. The topological polar surface area (TPSA) is 93.5 Å². The van der Waals surface area contributed by atoms with Crippen molar-refractivity contribution in [2.24, 2.45) is 0 Å². The van der Waals surface area contributed by atoms with E-state index in [0.717, 1.165) is 28.9 Å². The van der Waals surface area contributed by atoms with Crippen LogP contribution in [0.15, 0.2) is 29.1 Å². The quantitative estimate of drug-likeness (QED) is 0.834. The van der Waals surface area contributed by atoms with Gasteiger partial charge in [-0.1, -0.05) is 25.1 Å². The minimum atomic E-state index is -0.397. The highest BCUT2D eigenvalue weighted by Gasteiger charge is 2.24. The van der Waals surface area contributed by atoms with Gasteiger partial charge in [-0.25, -0.2) is 9.48 Å². The minimum absolute atomic E-state index is 0.162. The van der Waals surface area contributed by atoms with Gasteiger partial charge in [-0.2, -0.15) is 5.10 Å². The number of hydrogen-bond acceptors (Lipinski definition) is 5. The Morgan fingerprint density at radius 1 is 1.28 bits per heavy atom. The van der Waals surface area contributed by atoms with Crippen molar-refractivity contribution in [3.05, 3.63) is 57.0 Å². The summed E-state index contributed by atoms with van der Waals surface area (Å²) in [6, 6.07) is 7.32. The molecule has 0 saturated carbocycles. The van der Waals surface area contributed by atoms with Gasteiger partial charge in [0.15, 0.2) is 0 Å². The Balaban J connectivity index is 1.74. The molecule has 0 saturated heterocycles. The van der Waals surface area contributed by atoms with E-state index in [1.165, 1.54) is 10.7 Å². The Morgan fingerprint density at radius 3 is 2.79 bits per heavy atom. The van der Waals surface area contributed by atoms with Crippen molar-refractivity contribution in [1.29, 1.82) is 0 Å². The van der Waals surface area contributed by atoms with Crippen LogP contribution in [0, 0.1) is 6.92 Å². The number of nitrogens with zero attached hydrogens (tertiary/aromatic N) is 3. The molecule has 0 radical (unpaired) electrons. The van der Waals surface area contributed by atoms with Crippen LogP contribution in [0.2, 0.25) is 0 Å². The molecule has 29 heavy (non-hydrogen) atoms. The lowest BCUT2D eigenvalue weighted by Gasteiger charge is -2.27. The summed E-state index contributed by atoms with van der Waals surface area (Å²) in [7, 11) is 0. The molecule has 1 N–H and O–H groups in total. The van der Waals surface area contributed by atoms with Crippen molar-refractivity contribution in [1.82, 2.24) is 14.7 Å². The highest BCUT2D eigenvalue weighted by Crippen LogP contribution is 2.21. The number of para-hydroxylation sites is 1. The van der Waals surface area contributed by atoms with E-state index in [1.807, 2.05) is 32.0 Å². The summed E-state index contributed by atoms with van der Waals surface area (Å²) in [5.41, 5.74) is 3.85. The number of nitrogens with one attached hydrogen (secondary N) is 1.